The maximum Gasteiger partial charge on any atom is 0.263 e. The quantitative estimate of drug-likeness (QED) is 0.759. The van der Waals surface area contributed by atoms with Crippen molar-refractivity contribution in [3.63, 3.8) is 0 Å². The maximum absolute atomic E-state index is 11.5. The topological polar surface area (TPSA) is 66.4 Å². The number of hydrogen-bond acceptors (Lipinski definition) is 4. The van der Waals surface area contributed by atoms with Gasteiger partial charge in [0.15, 0.2) is 0 Å². The van der Waals surface area contributed by atoms with Crippen LogP contribution in [0, 0.1) is 5.92 Å². The Bertz CT molecular complexity index is 413. The van der Waals surface area contributed by atoms with Crippen molar-refractivity contribution in [1.82, 2.24) is 15.8 Å². The number of nitrogens with zero attached hydrogens (tertiary/aromatic N) is 2. The monoisotopic (exact) mass is 218 g/mol. The summed E-state index contributed by atoms with van der Waals surface area (Å²) < 4.78 is 0. The second-order valence-electron chi connectivity index (χ2n) is 4.02. The minimum Gasteiger partial charge on any atom is -0.282 e. The summed E-state index contributed by atoms with van der Waals surface area (Å²) in [5, 5.41) is 0. The van der Waals surface area contributed by atoms with E-state index in [1.165, 1.54) is 0 Å². The number of hydrogen-bond donors (Lipinski definition) is 2. The Morgan fingerprint density at radius 2 is 2.19 bits per heavy atom. The number of nitrogens with one attached hydrogen (secondary N) is 2. The molecule has 0 saturated carbocycles. The molecule has 0 saturated heterocycles. The van der Waals surface area contributed by atoms with Crippen LogP contribution in [0.2, 0.25) is 0 Å². The molecule has 16 heavy (non-hydrogen) atoms. The lowest BCUT2D eigenvalue weighted by Gasteiger charge is -2.24. The molecule has 0 spiro atoms. The van der Waals surface area contributed by atoms with Crippen molar-refractivity contribution >= 4 is 11.7 Å². The number of amidine groups is 1. The standard InChI is InChI=1S/C11H14N4O/c1-7(2)9-11(16)15-14-10(13-9)8-4-3-5-12-6-8/h3-7,9H,1-2H3,(H,13,14)(H,15,16). The van der Waals surface area contributed by atoms with Crippen molar-refractivity contribution in [2.45, 2.75) is 19.9 Å². The molecular formula is C11H14N4O. The fourth-order valence-corrected chi connectivity index (χ4v) is 1.53. The van der Waals surface area contributed by atoms with Gasteiger partial charge in [-0.15, -0.1) is 0 Å². The number of aliphatic imine (C=N–C) groups is 1. The lowest BCUT2D eigenvalue weighted by molar-refractivity contribution is -0.124. The highest BCUT2D eigenvalue weighted by Gasteiger charge is 2.26. The SMILES string of the molecule is CC(C)C1N=C(c2cccnc2)NNC1=O. The van der Waals surface area contributed by atoms with E-state index in [4.69, 9.17) is 0 Å². The Kier molecular flexibility index (Phi) is 2.85. The van der Waals surface area contributed by atoms with Crippen LogP contribution in [0.15, 0.2) is 29.5 Å². The highest BCUT2D eigenvalue weighted by atomic mass is 16.2. The van der Waals surface area contributed by atoms with E-state index in [2.05, 4.69) is 20.8 Å². The van der Waals surface area contributed by atoms with Gasteiger partial charge in [-0.05, 0) is 18.1 Å². The van der Waals surface area contributed by atoms with Crippen LogP contribution in [0.3, 0.4) is 0 Å². The van der Waals surface area contributed by atoms with Gasteiger partial charge in [0.05, 0.1) is 0 Å². The van der Waals surface area contributed by atoms with E-state index >= 15 is 0 Å². The average Bonchev–Trinajstić information content (AvgIpc) is 2.30. The zero-order valence-corrected chi connectivity index (χ0v) is 9.27. The van der Waals surface area contributed by atoms with Gasteiger partial charge in [0, 0.05) is 18.0 Å². The van der Waals surface area contributed by atoms with Gasteiger partial charge in [-0.2, -0.15) is 0 Å². The minimum atomic E-state index is -0.337. The van der Waals surface area contributed by atoms with Crippen LogP contribution in [0.25, 0.3) is 0 Å². The molecule has 1 amide bonds. The third-order valence-electron chi connectivity index (χ3n) is 2.41. The summed E-state index contributed by atoms with van der Waals surface area (Å²) in [7, 11) is 0. The van der Waals surface area contributed by atoms with E-state index in [9.17, 15) is 4.79 Å². The van der Waals surface area contributed by atoms with Crippen LogP contribution in [-0.2, 0) is 4.79 Å². The van der Waals surface area contributed by atoms with Crippen LogP contribution < -0.4 is 10.9 Å². The van der Waals surface area contributed by atoms with Gasteiger partial charge in [-0.3, -0.25) is 25.6 Å². The Balaban J connectivity index is 2.30. The largest absolute Gasteiger partial charge is 0.282 e. The number of rotatable bonds is 2. The predicted molar refractivity (Wildman–Crippen MR) is 60.7 cm³/mol. The summed E-state index contributed by atoms with van der Waals surface area (Å²) in [6.07, 6.45) is 3.41. The van der Waals surface area contributed by atoms with Crippen molar-refractivity contribution in [1.29, 1.82) is 0 Å². The molecule has 0 radical (unpaired) electrons. The van der Waals surface area contributed by atoms with E-state index in [0.717, 1.165) is 5.56 Å². The Hall–Kier alpha value is -1.91. The fourth-order valence-electron chi connectivity index (χ4n) is 1.53. The number of amides is 1. The van der Waals surface area contributed by atoms with Crippen molar-refractivity contribution in [3.8, 4) is 0 Å². The van der Waals surface area contributed by atoms with Gasteiger partial charge in [-0.25, -0.2) is 0 Å². The number of carbonyl (C=O) groups excluding carboxylic acids is 1. The van der Waals surface area contributed by atoms with Gasteiger partial charge in [-0.1, -0.05) is 13.8 Å². The van der Waals surface area contributed by atoms with Crippen molar-refractivity contribution in [2.75, 3.05) is 0 Å². The summed E-state index contributed by atoms with van der Waals surface area (Å²) in [6, 6.07) is 3.39. The predicted octanol–water partition coefficient (Wildman–Crippen LogP) is 0.487. The molecule has 84 valence electrons. The summed E-state index contributed by atoms with van der Waals surface area (Å²) in [5.41, 5.74) is 6.26. The van der Waals surface area contributed by atoms with Gasteiger partial charge in [0.1, 0.15) is 11.9 Å². The zero-order valence-electron chi connectivity index (χ0n) is 9.27. The van der Waals surface area contributed by atoms with Gasteiger partial charge >= 0.3 is 0 Å². The Labute approximate surface area is 94.0 Å². The first-order valence-corrected chi connectivity index (χ1v) is 5.22. The third-order valence-corrected chi connectivity index (χ3v) is 2.41. The van der Waals surface area contributed by atoms with Crippen molar-refractivity contribution in [2.24, 2.45) is 10.9 Å². The van der Waals surface area contributed by atoms with E-state index in [-0.39, 0.29) is 17.9 Å². The smallest absolute Gasteiger partial charge is 0.263 e. The molecule has 5 heteroatoms. The molecule has 1 aromatic heterocycles. The molecule has 0 bridgehead atoms. The molecule has 0 fully saturated rings. The van der Waals surface area contributed by atoms with Crippen LogP contribution >= 0.6 is 0 Å². The van der Waals surface area contributed by atoms with E-state index < -0.39 is 0 Å². The first-order valence-electron chi connectivity index (χ1n) is 5.22. The Morgan fingerprint density at radius 1 is 1.38 bits per heavy atom. The molecule has 2 heterocycles. The van der Waals surface area contributed by atoms with Crippen molar-refractivity contribution < 1.29 is 4.79 Å². The Morgan fingerprint density at radius 3 is 2.81 bits per heavy atom. The molecular weight excluding hydrogens is 204 g/mol. The lowest BCUT2D eigenvalue weighted by atomic mass is 10.0. The molecule has 1 aliphatic rings. The molecule has 2 N–H and O–H groups in total. The van der Waals surface area contributed by atoms with E-state index in [1.54, 1.807) is 12.4 Å². The van der Waals surface area contributed by atoms with Crippen LogP contribution in [0.5, 0.6) is 0 Å². The first kappa shape index (κ1) is 10.6. The molecule has 1 unspecified atom stereocenters. The van der Waals surface area contributed by atoms with E-state index in [1.807, 2.05) is 26.0 Å². The number of aromatic nitrogens is 1. The van der Waals surface area contributed by atoms with Gasteiger partial charge in [0.2, 0.25) is 0 Å². The zero-order chi connectivity index (χ0) is 11.5. The normalized spacial score (nSPS) is 20.1. The number of carbonyl (C=O) groups is 1. The molecule has 0 aliphatic carbocycles. The van der Waals surface area contributed by atoms with Crippen LogP contribution in [0.1, 0.15) is 19.4 Å². The maximum atomic E-state index is 11.5. The highest BCUT2D eigenvalue weighted by Crippen LogP contribution is 2.11. The summed E-state index contributed by atoms with van der Waals surface area (Å²) in [5.74, 6) is 0.739. The third kappa shape index (κ3) is 2.03. The van der Waals surface area contributed by atoms with Crippen LogP contribution in [-0.4, -0.2) is 22.8 Å². The molecule has 0 aromatic carbocycles. The van der Waals surface area contributed by atoms with Gasteiger partial charge in [0.25, 0.3) is 5.91 Å². The molecule has 5 nitrogen and oxygen atoms in total. The lowest BCUT2D eigenvalue weighted by Crippen LogP contribution is -2.52. The van der Waals surface area contributed by atoms with Gasteiger partial charge < -0.3 is 0 Å². The molecule has 1 atom stereocenters. The van der Waals surface area contributed by atoms with Crippen LogP contribution in [0.4, 0.5) is 0 Å². The summed E-state index contributed by atoms with van der Waals surface area (Å²) in [6.45, 7) is 3.94. The van der Waals surface area contributed by atoms with Crippen molar-refractivity contribution in [3.05, 3.63) is 30.1 Å². The highest BCUT2D eigenvalue weighted by molar-refractivity contribution is 6.03. The fraction of sp³-hybridized carbons (Fsp3) is 0.364. The second-order valence-corrected chi connectivity index (χ2v) is 4.02. The summed E-state index contributed by atoms with van der Waals surface area (Å²) >= 11 is 0. The molecule has 1 aliphatic heterocycles. The number of hydrazine groups is 1. The first-order chi connectivity index (χ1) is 7.68. The average molecular weight is 218 g/mol. The second kappa shape index (κ2) is 4.30. The number of pyridine rings is 1. The summed E-state index contributed by atoms with van der Waals surface area (Å²) in [4.78, 5) is 19.9. The molecule has 1 aromatic rings. The minimum absolute atomic E-state index is 0.0948. The molecule has 2 rings (SSSR count). The van der Waals surface area contributed by atoms with E-state index in [0.29, 0.717) is 5.84 Å².